The molecule has 0 aliphatic rings. The van der Waals surface area contributed by atoms with Gasteiger partial charge in [0.05, 0.1) is 13.1 Å². The summed E-state index contributed by atoms with van der Waals surface area (Å²) in [6.45, 7) is 1.53. The van der Waals surface area contributed by atoms with Gasteiger partial charge in [0.2, 0.25) is 0 Å². The molecular weight excluding hydrogens is 344 g/mol. The third kappa shape index (κ3) is 3.09. The van der Waals surface area contributed by atoms with Crippen LogP contribution in [0.2, 0.25) is 0 Å². The van der Waals surface area contributed by atoms with Gasteiger partial charge >= 0.3 is 0 Å². The molecule has 0 atom stereocenters. The van der Waals surface area contributed by atoms with Gasteiger partial charge < -0.3 is 5.01 Å². The van der Waals surface area contributed by atoms with E-state index in [2.05, 4.69) is 100 Å². The normalized spacial score (nSPS) is 11.1. The average Bonchev–Trinajstić information content (AvgIpc) is 3.29. The molecule has 28 heavy (non-hydrogen) atoms. The third-order valence-electron chi connectivity index (χ3n) is 5.20. The van der Waals surface area contributed by atoms with Crippen LogP contribution in [0.3, 0.4) is 0 Å². The minimum Gasteiger partial charge on any atom is -0.302 e. The van der Waals surface area contributed by atoms with E-state index in [1.165, 1.54) is 32.7 Å². The van der Waals surface area contributed by atoms with Crippen LogP contribution >= 0.6 is 0 Å². The lowest BCUT2D eigenvalue weighted by Gasteiger charge is -2.26. The number of hydrogen-bond donors (Lipinski definition) is 0. The summed E-state index contributed by atoms with van der Waals surface area (Å²) < 4.78 is 1.98. The Morgan fingerprint density at radius 2 is 1.04 bits per heavy atom. The van der Waals surface area contributed by atoms with Crippen LogP contribution < -0.4 is 5.01 Å². The van der Waals surface area contributed by atoms with Crippen molar-refractivity contribution in [3.8, 4) is 0 Å². The van der Waals surface area contributed by atoms with Crippen LogP contribution in [0, 0.1) is 0 Å². The lowest BCUT2D eigenvalue weighted by atomic mass is 10.0. The molecular formula is C24H20N4. The molecule has 0 aliphatic heterocycles. The van der Waals surface area contributed by atoms with Crippen molar-refractivity contribution in [2.45, 2.75) is 13.1 Å². The minimum atomic E-state index is 0.766. The molecule has 5 rings (SSSR count). The molecule has 0 radical (unpaired) electrons. The first-order valence-electron chi connectivity index (χ1n) is 9.42. The van der Waals surface area contributed by atoms with Crippen molar-refractivity contribution >= 4 is 21.5 Å². The lowest BCUT2D eigenvalue weighted by molar-refractivity contribution is 0.577. The Morgan fingerprint density at radius 1 is 0.571 bits per heavy atom. The van der Waals surface area contributed by atoms with Crippen LogP contribution in [0.15, 0.2) is 97.6 Å². The van der Waals surface area contributed by atoms with Crippen molar-refractivity contribution < 1.29 is 0 Å². The zero-order chi connectivity index (χ0) is 18.8. The fourth-order valence-corrected chi connectivity index (χ4v) is 3.81. The minimum absolute atomic E-state index is 0.766. The molecule has 5 aromatic rings. The Balaban J connectivity index is 1.55. The molecule has 1 aromatic heterocycles. The van der Waals surface area contributed by atoms with Crippen LogP contribution in [0.1, 0.15) is 11.1 Å². The molecule has 0 fully saturated rings. The summed E-state index contributed by atoms with van der Waals surface area (Å²) in [6, 6.07) is 30.0. The summed E-state index contributed by atoms with van der Waals surface area (Å²) in [5, 5.41) is 15.4. The number of rotatable bonds is 5. The van der Waals surface area contributed by atoms with E-state index >= 15 is 0 Å². The Bertz CT molecular complexity index is 1140. The van der Waals surface area contributed by atoms with Gasteiger partial charge in [-0.1, -0.05) is 84.9 Å². The van der Waals surface area contributed by atoms with E-state index in [4.69, 9.17) is 0 Å². The molecule has 0 unspecified atom stereocenters. The van der Waals surface area contributed by atoms with Gasteiger partial charge in [-0.05, 0) is 32.7 Å². The summed E-state index contributed by atoms with van der Waals surface area (Å²) in [4.78, 5) is 0. The summed E-state index contributed by atoms with van der Waals surface area (Å²) in [5.41, 5.74) is 2.57. The number of nitrogens with zero attached hydrogens (tertiary/aromatic N) is 4. The van der Waals surface area contributed by atoms with E-state index in [0.717, 1.165) is 13.1 Å². The quantitative estimate of drug-likeness (QED) is 0.444. The Hall–Kier alpha value is -3.66. The van der Waals surface area contributed by atoms with E-state index in [9.17, 15) is 0 Å². The summed E-state index contributed by atoms with van der Waals surface area (Å²) in [6.07, 6.45) is 3.52. The second-order valence-electron chi connectivity index (χ2n) is 6.94. The molecule has 136 valence electrons. The van der Waals surface area contributed by atoms with Gasteiger partial charge in [0, 0.05) is 0 Å². The molecule has 0 bridgehead atoms. The zero-order valence-electron chi connectivity index (χ0n) is 15.4. The smallest absolute Gasteiger partial charge is 0.139 e. The van der Waals surface area contributed by atoms with E-state index in [1.807, 2.05) is 4.68 Å². The molecule has 4 heteroatoms. The number of hydrogen-bond acceptors (Lipinski definition) is 3. The Morgan fingerprint density at radius 3 is 1.57 bits per heavy atom. The van der Waals surface area contributed by atoms with Crippen molar-refractivity contribution in [3.05, 3.63) is 109 Å². The first-order valence-corrected chi connectivity index (χ1v) is 9.42. The first-order chi connectivity index (χ1) is 13.9. The van der Waals surface area contributed by atoms with Crippen LogP contribution in [0.4, 0.5) is 0 Å². The summed E-state index contributed by atoms with van der Waals surface area (Å²) in [5.74, 6) is 0. The van der Waals surface area contributed by atoms with Crippen LogP contribution in [-0.2, 0) is 13.1 Å². The highest BCUT2D eigenvalue weighted by Crippen LogP contribution is 2.23. The average molecular weight is 364 g/mol. The van der Waals surface area contributed by atoms with Crippen molar-refractivity contribution in [1.82, 2.24) is 14.9 Å². The Kier molecular flexibility index (Phi) is 4.22. The largest absolute Gasteiger partial charge is 0.302 e. The van der Waals surface area contributed by atoms with E-state index in [-0.39, 0.29) is 0 Å². The lowest BCUT2D eigenvalue weighted by Crippen LogP contribution is -2.32. The summed E-state index contributed by atoms with van der Waals surface area (Å²) >= 11 is 0. The van der Waals surface area contributed by atoms with Gasteiger partial charge in [0.1, 0.15) is 12.7 Å². The summed E-state index contributed by atoms with van der Waals surface area (Å²) in [7, 11) is 0. The SMILES string of the molecule is c1ccc2c(CN(Cc3cccc4ccccc34)n3cnnc3)cccc2c1. The van der Waals surface area contributed by atoms with Crippen molar-refractivity contribution in [2.24, 2.45) is 0 Å². The van der Waals surface area contributed by atoms with Crippen molar-refractivity contribution in [1.29, 1.82) is 0 Å². The topological polar surface area (TPSA) is 34.0 Å². The van der Waals surface area contributed by atoms with Gasteiger partial charge in [-0.3, -0.25) is 0 Å². The fraction of sp³-hybridized carbons (Fsp3) is 0.0833. The molecule has 1 heterocycles. The van der Waals surface area contributed by atoms with E-state index < -0.39 is 0 Å². The molecule has 0 amide bonds. The van der Waals surface area contributed by atoms with Crippen molar-refractivity contribution in [3.63, 3.8) is 0 Å². The Labute approximate surface area is 163 Å². The maximum Gasteiger partial charge on any atom is 0.139 e. The molecule has 0 aliphatic carbocycles. The van der Waals surface area contributed by atoms with Gasteiger partial charge in [-0.15, -0.1) is 10.2 Å². The van der Waals surface area contributed by atoms with Gasteiger partial charge in [-0.25, -0.2) is 4.68 Å². The number of fused-ring (bicyclic) bond motifs is 2. The van der Waals surface area contributed by atoms with Gasteiger partial charge in [-0.2, -0.15) is 0 Å². The van der Waals surface area contributed by atoms with Gasteiger partial charge in [0.15, 0.2) is 0 Å². The molecule has 0 spiro atoms. The van der Waals surface area contributed by atoms with Crippen LogP contribution in [0.5, 0.6) is 0 Å². The number of aromatic nitrogens is 3. The third-order valence-corrected chi connectivity index (χ3v) is 5.20. The second kappa shape index (κ2) is 7.16. The maximum absolute atomic E-state index is 4.02. The number of benzene rings is 4. The monoisotopic (exact) mass is 364 g/mol. The highest BCUT2D eigenvalue weighted by atomic mass is 15.6. The van der Waals surface area contributed by atoms with E-state index in [1.54, 1.807) is 12.7 Å². The molecule has 4 aromatic carbocycles. The fourth-order valence-electron chi connectivity index (χ4n) is 3.81. The molecule has 0 saturated carbocycles. The van der Waals surface area contributed by atoms with Gasteiger partial charge in [0.25, 0.3) is 0 Å². The molecule has 0 N–H and O–H groups in total. The van der Waals surface area contributed by atoms with Crippen LogP contribution in [-0.4, -0.2) is 14.9 Å². The second-order valence-corrected chi connectivity index (χ2v) is 6.94. The zero-order valence-corrected chi connectivity index (χ0v) is 15.4. The first kappa shape index (κ1) is 16.5. The van der Waals surface area contributed by atoms with Crippen LogP contribution in [0.25, 0.3) is 21.5 Å². The highest BCUT2D eigenvalue weighted by Gasteiger charge is 2.12. The molecule has 4 nitrogen and oxygen atoms in total. The predicted octanol–water partition coefficient (Wildman–Crippen LogP) is 4.92. The molecule has 0 saturated heterocycles. The standard InChI is InChI=1S/C24H20N4/c1-3-13-23-19(7-1)9-5-11-21(23)15-27(28-17-25-26-18-28)16-22-12-6-10-20-8-2-4-14-24(20)22/h1-14,17-18H,15-16H2. The maximum atomic E-state index is 4.02. The van der Waals surface area contributed by atoms with E-state index in [0.29, 0.717) is 0 Å². The van der Waals surface area contributed by atoms with Crippen molar-refractivity contribution in [2.75, 3.05) is 5.01 Å². The highest BCUT2D eigenvalue weighted by molar-refractivity contribution is 5.86. The predicted molar refractivity (Wildman–Crippen MR) is 114 cm³/mol.